The summed E-state index contributed by atoms with van der Waals surface area (Å²) in [5, 5.41) is 30.7. The van der Waals surface area contributed by atoms with Crippen LogP contribution in [-0.4, -0.2) is 49.2 Å². The summed E-state index contributed by atoms with van der Waals surface area (Å²) in [6, 6.07) is 2.93. The van der Waals surface area contributed by atoms with E-state index >= 15 is 0 Å². The molecule has 2 N–H and O–H groups in total. The number of hydrogen-bond acceptors (Lipinski definition) is 7. The standard InChI is InChI=1S/C17H27NO7/c1-10(6-15(20)11(2)9-19)16(24-4)13-7-12(23-3)8-14(18(21)22)17(13)25-5/h7-8,10-11,15-16,19-20H,6,9H2,1-5H3/t10-,11-,15?,16+/m1/s1. The van der Waals surface area contributed by atoms with Crippen molar-refractivity contribution in [2.75, 3.05) is 27.9 Å². The van der Waals surface area contributed by atoms with Gasteiger partial charge in [-0.3, -0.25) is 10.1 Å². The minimum Gasteiger partial charge on any atom is -0.496 e. The third kappa shape index (κ3) is 5.04. The van der Waals surface area contributed by atoms with E-state index in [4.69, 9.17) is 14.2 Å². The first-order chi connectivity index (χ1) is 11.8. The van der Waals surface area contributed by atoms with Crippen molar-refractivity contribution in [3.8, 4) is 11.5 Å². The number of nitrogens with zero attached hydrogens (tertiary/aromatic N) is 1. The zero-order valence-corrected chi connectivity index (χ0v) is 15.3. The average molecular weight is 357 g/mol. The molecule has 0 aliphatic carbocycles. The van der Waals surface area contributed by atoms with Crippen LogP contribution in [0.4, 0.5) is 5.69 Å². The van der Waals surface area contributed by atoms with Gasteiger partial charge in [0.1, 0.15) is 5.75 Å². The Balaban J connectivity index is 3.28. The fraction of sp³-hybridized carbons (Fsp3) is 0.647. The van der Waals surface area contributed by atoms with Crippen LogP contribution < -0.4 is 9.47 Å². The van der Waals surface area contributed by atoms with Crippen molar-refractivity contribution in [3.63, 3.8) is 0 Å². The van der Waals surface area contributed by atoms with Crippen molar-refractivity contribution >= 4 is 5.69 Å². The van der Waals surface area contributed by atoms with Gasteiger partial charge in [-0.15, -0.1) is 0 Å². The van der Waals surface area contributed by atoms with Gasteiger partial charge in [-0.05, 0) is 18.4 Å². The minimum atomic E-state index is -0.718. The number of benzene rings is 1. The molecule has 1 rings (SSSR count). The van der Waals surface area contributed by atoms with Crippen molar-refractivity contribution in [3.05, 3.63) is 27.8 Å². The van der Waals surface area contributed by atoms with Gasteiger partial charge in [-0.1, -0.05) is 13.8 Å². The first kappa shape index (κ1) is 21.1. The number of nitro benzene ring substituents is 1. The smallest absolute Gasteiger partial charge is 0.315 e. The van der Waals surface area contributed by atoms with Crippen molar-refractivity contribution in [2.45, 2.75) is 32.5 Å². The van der Waals surface area contributed by atoms with E-state index < -0.39 is 17.1 Å². The van der Waals surface area contributed by atoms with Crippen LogP contribution >= 0.6 is 0 Å². The van der Waals surface area contributed by atoms with Gasteiger partial charge in [0, 0.05) is 25.2 Å². The Labute approximate surface area is 147 Å². The highest BCUT2D eigenvalue weighted by Crippen LogP contribution is 2.42. The predicted molar refractivity (Wildman–Crippen MR) is 92.0 cm³/mol. The second-order valence-electron chi connectivity index (χ2n) is 6.12. The lowest BCUT2D eigenvalue weighted by Crippen LogP contribution is -2.26. The number of aliphatic hydroxyl groups is 2. The summed E-state index contributed by atoms with van der Waals surface area (Å²) in [6.07, 6.45) is -0.914. The summed E-state index contributed by atoms with van der Waals surface area (Å²) in [6.45, 7) is 3.49. The third-order valence-corrected chi connectivity index (χ3v) is 4.34. The predicted octanol–water partition coefficient (Wildman–Crippen LogP) is 2.32. The summed E-state index contributed by atoms with van der Waals surface area (Å²) in [7, 11) is 4.28. The SMILES string of the molecule is COc1cc([C@@H](OC)[C@H](C)CC(O)[C@H](C)CO)c(OC)c([N+](=O)[O-])c1. The van der Waals surface area contributed by atoms with E-state index in [1.54, 1.807) is 13.0 Å². The molecule has 0 saturated heterocycles. The number of ether oxygens (including phenoxy) is 3. The summed E-state index contributed by atoms with van der Waals surface area (Å²) >= 11 is 0. The second kappa shape index (κ2) is 9.55. The maximum Gasteiger partial charge on any atom is 0.315 e. The van der Waals surface area contributed by atoms with Crippen molar-refractivity contribution in [1.82, 2.24) is 0 Å². The number of hydrogen-bond donors (Lipinski definition) is 2. The van der Waals surface area contributed by atoms with Gasteiger partial charge in [0.2, 0.25) is 5.75 Å². The van der Waals surface area contributed by atoms with Crippen LogP contribution in [0.2, 0.25) is 0 Å². The van der Waals surface area contributed by atoms with Gasteiger partial charge < -0.3 is 24.4 Å². The molecule has 0 bridgehead atoms. The molecule has 0 aliphatic rings. The maximum atomic E-state index is 11.3. The fourth-order valence-electron chi connectivity index (χ4n) is 2.82. The van der Waals surface area contributed by atoms with E-state index in [0.717, 1.165) is 0 Å². The van der Waals surface area contributed by atoms with Crippen LogP contribution in [0, 0.1) is 22.0 Å². The Morgan fingerprint density at radius 1 is 1.16 bits per heavy atom. The Morgan fingerprint density at radius 2 is 1.80 bits per heavy atom. The molecule has 25 heavy (non-hydrogen) atoms. The zero-order chi connectivity index (χ0) is 19.1. The summed E-state index contributed by atoms with van der Waals surface area (Å²) < 4.78 is 16.0. The number of aliphatic hydroxyl groups excluding tert-OH is 2. The molecule has 0 heterocycles. The van der Waals surface area contributed by atoms with Gasteiger partial charge in [0.05, 0.1) is 37.4 Å². The molecule has 8 heteroatoms. The molecular weight excluding hydrogens is 330 g/mol. The van der Waals surface area contributed by atoms with Crippen LogP contribution in [-0.2, 0) is 4.74 Å². The molecule has 0 radical (unpaired) electrons. The molecule has 4 atom stereocenters. The lowest BCUT2D eigenvalue weighted by molar-refractivity contribution is -0.385. The molecule has 0 spiro atoms. The number of methoxy groups -OCH3 is 3. The van der Waals surface area contributed by atoms with Gasteiger partial charge in [0.25, 0.3) is 0 Å². The van der Waals surface area contributed by atoms with E-state index in [-0.39, 0.29) is 29.9 Å². The molecule has 1 aromatic rings. The molecule has 0 saturated carbocycles. The monoisotopic (exact) mass is 357 g/mol. The first-order valence-corrected chi connectivity index (χ1v) is 8.02. The highest BCUT2D eigenvalue weighted by molar-refractivity contribution is 5.57. The topological polar surface area (TPSA) is 111 Å². The molecule has 142 valence electrons. The molecule has 1 aromatic carbocycles. The van der Waals surface area contributed by atoms with Crippen LogP contribution in [0.3, 0.4) is 0 Å². The maximum absolute atomic E-state index is 11.3. The van der Waals surface area contributed by atoms with Crippen LogP contribution in [0.1, 0.15) is 31.9 Å². The van der Waals surface area contributed by atoms with Gasteiger partial charge in [-0.2, -0.15) is 0 Å². The lowest BCUT2D eigenvalue weighted by Gasteiger charge is -2.28. The fourth-order valence-corrected chi connectivity index (χ4v) is 2.82. The van der Waals surface area contributed by atoms with Crippen LogP contribution in [0.5, 0.6) is 11.5 Å². The molecule has 1 unspecified atom stereocenters. The van der Waals surface area contributed by atoms with Crippen molar-refractivity contribution < 1.29 is 29.3 Å². The Morgan fingerprint density at radius 3 is 2.24 bits per heavy atom. The average Bonchev–Trinajstić information content (AvgIpc) is 2.60. The van der Waals surface area contributed by atoms with Crippen LogP contribution in [0.15, 0.2) is 12.1 Å². The Kier molecular flexibility index (Phi) is 8.08. The highest BCUT2D eigenvalue weighted by Gasteiger charge is 2.31. The summed E-state index contributed by atoms with van der Waals surface area (Å²) in [4.78, 5) is 10.8. The first-order valence-electron chi connectivity index (χ1n) is 8.02. The largest absolute Gasteiger partial charge is 0.496 e. The van der Waals surface area contributed by atoms with E-state index in [0.29, 0.717) is 17.7 Å². The quantitative estimate of drug-likeness (QED) is 0.488. The van der Waals surface area contributed by atoms with Crippen molar-refractivity contribution in [2.24, 2.45) is 11.8 Å². The molecule has 0 fully saturated rings. The van der Waals surface area contributed by atoms with Crippen LogP contribution in [0.25, 0.3) is 0 Å². The Bertz CT molecular complexity index is 578. The summed E-state index contributed by atoms with van der Waals surface area (Å²) in [5.74, 6) is -0.0358. The molecule has 0 aliphatic heterocycles. The molecule has 0 amide bonds. The summed E-state index contributed by atoms with van der Waals surface area (Å²) in [5.41, 5.74) is 0.266. The van der Waals surface area contributed by atoms with Crippen molar-refractivity contribution in [1.29, 1.82) is 0 Å². The van der Waals surface area contributed by atoms with Gasteiger partial charge >= 0.3 is 5.69 Å². The van der Waals surface area contributed by atoms with E-state index in [2.05, 4.69) is 0 Å². The zero-order valence-electron chi connectivity index (χ0n) is 15.3. The minimum absolute atomic E-state index is 0.106. The van der Waals surface area contributed by atoms with E-state index in [1.165, 1.54) is 27.4 Å². The lowest BCUT2D eigenvalue weighted by atomic mass is 9.88. The van der Waals surface area contributed by atoms with E-state index in [9.17, 15) is 20.3 Å². The molecule has 0 aromatic heterocycles. The second-order valence-corrected chi connectivity index (χ2v) is 6.12. The van der Waals surface area contributed by atoms with Gasteiger partial charge in [-0.25, -0.2) is 0 Å². The Hall–Kier alpha value is -1.90. The number of rotatable bonds is 10. The van der Waals surface area contributed by atoms with E-state index in [1.807, 2.05) is 6.92 Å². The molecule has 8 nitrogen and oxygen atoms in total. The highest BCUT2D eigenvalue weighted by atomic mass is 16.6. The number of nitro groups is 1. The van der Waals surface area contributed by atoms with Gasteiger partial charge in [0.15, 0.2) is 0 Å². The molecular formula is C17H27NO7. The normalized spacial score (nSPS) is 16.0. The third-order valence-electron chi connectivity index (χ3n) is 4.34.